The summed E-state index contributed by atoms with van der Waals surface area (Å²) in [5.41, 5.74) is 1.05. The van der Waals surface area contributed by atoms with E-state index in [1.54, 1.807) is 6.08 Å². The van der Waals surface area contributed by atoms with Crippen molar-refractivity contribution in [1.82, 2.24) is 4.90 Å². The van der Waals surface area contributed by atoms with Crippen molar-refractivity contribution in [2.24, 2.45) is 5.92 Å². The van der Waals surface area contributed by atoms with Gasteiger partial charge in [0.05, 0.1) is 8.95 Å². The minimum absolute atomic E-state index is 0.477. The Hall–Kier alpha value is -0.390. The Morgan fingerprint density at radius 2 is 1.95 bits per heavy atom. The van der Waals surface area contributed by atoms with Gasteiger partial charge in [-0.15, -0.1) is 0 Å². The maximum Gasteiger partial charge on any atom is 0.148 e. The van der Waals surface area contributed by atoms with Crippen LogP contribution >= 0.6 is 44.1 Å². The molecule has 2 rings (SSSR count). The number of hydrogen-bond acceptors (Lipinski definition) is 2. The van der Waals surface area contributed by atoms with Gasteiger partial charge in [0.1, 0.15) is 17.3 Å². The Morgan fingerprint density at radius 1 is 1.38 bits per heavy atom. The molecule has 0 spiro atoms. The Bertz CT molecular complexity index is 516. The molecule has 0 atom stereocenters. The average Bonchev–Trinajstić information content (AvgIpc) is 2.46. The maximum atomic E-state index is 5.66. The van der Waals surface area contributed by atoms with Gasteiger partial charge < -0.3 is 9.64 Å². The Balaban J connectivity index is 2.16. The fourth-order valence-corrected chi connectivity index (χ4v) is 4.07. The highest BCUT2D eigenvalue weighted by Gasteiger charge is 2.20. The molecule has 0 aromatic heterocycles. The van der Waals surface area contributed by atoms with Gasteiger partial charge in [0.15, 0.2) is 0 Å². The first-order valence-corrected chi connectivity index (χ1v) is 9.04. The van der Waals surface area contributed by atoms with Crippen LogP contribution in [0.15, 0.2) is 33.7 Å². The molecule has 1 aliphatic rings. The summed E-state index contributed by atoms with van der Waals surface area (Å²) in [6.45, 7) is 8.54. The second-order valence-electron chi connectivity index (χ2n) is 5.34. The van der Waals surface area contributed by atoms with Gasteiger partial charge in [-0.3, -0.25) is 0 Å². The molecular formula is C16H19Br2NOS. The highest BCUT2D eigenvalue weighted by molar-refractivity contribution is 9.11. The van der Waals surface area contributed by atoms with Crippen molar-refractivity contribution in [1.29, 1.82) is 0 Å². The fraction of sp³-hybridized carbons (Fsp3) is 0.438. The van der Waals surface area contributed by atoms with E-state index in [1.807, 2.05) is 12.1 Å². The van der Waals surface area contributed by atoms with Crippen LogP contribution in [0.1, 0.15) is 25.3 Å². The number of likely N-dealkylation sites (tertiary alicyclic amines) is 1. The summed E-state index contributed by atoms with van der Waals surface area (Å²) in [7, 11) is 0. The van der Waals surface area contributed by atoms with Gasteiger partial charge in [-0.25, -0.2) is 0 Å². The third-order valence-corrected chi connectivity index (χ3v) is 5.33. The van der Waals surface area contributed by atoms with Gasteiger partial charge in [-0.1, -0.05) is 31.8 Å². The monoisotopic (exact) mass is 431 g/mol. The summed E-state index contributed by atoms with van der Waals surface area (Å²) in [5.74, 6) is 1.59. The van der Waals surface area contributed by atoms with E-state index < -0.39 is 0 Å². The smallest absolute Gasteiger partial charge is 0.148 e. The van der Waals surface area contributed by atoms with E-state index in [0.717, 1.165) is 44.3 Å². The topological polar surface area (TPSA) is 12.5 Å². The molecule has 0 saturated carbocycles. The summed E-state index contributed by atoms with van der Waals surface area (Å²) in [5, 5.41) is 0. The van der Waals surface area contributed by atoms with Crippen LogP contribution in [0.25, 0.3) is 0 Å². The summed E-state index contributed by atoms with van der Waals surface area (Å²) in [4.78, 5) is 3.21. The standard InChI is InChI=1S/C16H19Br2NOS/c1-3-8-20-15-13(17)9-12(10-14(15)18)16(21)19-6-4-11(2)5-7-19/h3,9-11H,1,4-8H2,2H3. The minimum atomic E-state index is 0.477. The lowest BCUT2D eigenvalue weighted by molar-refractivity contribution is 0.284. The Kier molecular flexibility index (Phi) is 6.26. The highest BCUT2D eigenvalue weighted by Crippen LogP contribution is 2.35. The van der Waals surface area contributed by atoms with Crippen LogP contribution in [0.2, 0.25) is 0 Å². The molecular weight excluding hydrogens is 414 g/mol. The second kappa shape index (κ2) is 7.75. The molecule has 0 bridgehead atoms. The number of benzene rings is 1. The quantitative estimate of drug-likeness (QED) is 0.480. The normalized spacial score (nSPS) is 15.9. The van der Waals surface area contributed by atoms with Gasteiger partial charge in [-0.2, -0.15) is 0 Å². The van der Waals surface area contributed by atoms with E-state index in [0.29, 0.717) is 6.61 Å². The fourth-order valence-electron chi connectivity index (χ4n) is 2.36. The third-order valence-electron chi connectivity index (χ3n) is 3.66. The van der Waals surface area contributed by atoms with Crippen molar-refractivity contribution < 1.29 is 4.74 Å². The molecule has 21 heavy (non-hydrogen) atoms. The molecule has 1 heterocycles. The number of rotatable bonds is 4. The molecule has 1 saturated heterocycles. The molecule has 0 aliphatic carbocycles. The summed E-state index contributed by atoms with van der Waals surface area (Å²) in [6.07, 6.45) is 4.15. The first kappa shape index (κ1) is 17.0. The van der Waals surface area contributed by atoms with Gasteiger partial charge in [-0.05, 0) is 62.8 Å². The molecule has 1 aliphatic heterocycles. The van der Waals surface area contributed by atoms with Crippen LogP contribution < -0.4 is 4.74 Å². The van der Waals surface area contributed by atoms with Crippen molar-refractivity contribution in [2.75, 3.05) is 19.7 Å². The van der Waals surface area contributed by atoms with Crippen LogP contribution in [0, 0.1) is 5.92 Å². The first-order valence-electron chi connectivity index (χ1n) is 7.05. The van der Waals surface area contributed by atoms with Crippen LogP contribution in [0.3, 0.4) is 0 Å². The number of thiocarbonyl (C=S) groups is 1. The molecule has 2 nitrogen and oxygen atoms in total. The molecule has 0 amide bonds. The van der Waals surface area contributed by atoms with Crippen LogP contribution in [0.4, 0.5) is 0 Å². The lowest BCUT2D eigenvalue weighted by Crippen LogP contribution is -2.37. The minimum Gasteiger partial charge on any atom is -0.487 e. The zero-order chi connectivity index (χ0) is 15.4. The predicted molar refractivity (Wildman–Crippen MR) is 99.2 cm³/mol. The highest BCUT2D eigenvalue weighted by atomic mass is 79.9. The zero-order valence-electron chi connectivity index (χ0n) is 12.1. The number of ether oxygens (including phenoxy) is 1. The second-order valence-corrected chi connectivity index (χ2v) is 7.44. The number of nitrogens with zero attached hydrogens (tertiary/aromatic N) is 1. The van der Waals surface area contributed by atoms with Crippen molar-refractivity contribution in [2.45, 2.75) is 19.8 Å². The number of halogens is 2. The largest absolute Gasteiger partial charge is 0.487 e. The Morgan fingerprint density at radius 3 is 2.48 bits per heavy atom. The van der Waals surface area contributed by atoms with E-state index in [1.165, 1.54) is 12.8 Å². The molecule has 1 aromatic carbocycles. The molecule has 5 heteroatoms. The van der Waals surface area contributed by atoms with Gasteiger partial charge in [0.2, 0.25) is 0 Å². The average molecular weight is 433 g/mol. The van der Waals surface area contributed by atoms with E-state index in [9.17, 15) is 0 Å². The molecule has 1 aromatic rings. The summed E-state index contributed by atoms with van der Waals surface area (Å²) in [6, 6.07) is 4.06. The zero-order valence-corrected chi connectivity index (χ0v) is 16.1. The van der Waals surface area contributed by atoms with E-state index in [-0.39, 0.29) is 0 Å². The third kappa shape index (κ3) is 4.30. The van der Waals surface area contributed by atoms with E-state index in [4.69, 9.17) is 17.0 Å². The molecule has 1 fully saturated rings. The first-order chi connectivity index (χ1) is 10.0. The molecule has 0 unspecified atom stereocenters. The summed E-state index contributed by atoms with van der Waals surface area (Å²) >= 11 is 12.8. The van der Waals surface area contributed by atoms with Crippen molar-refractivity contribution in [3.05, 3.63) is 39.3 Å². The van der Waals surface area contributed by atoms with Crippen LogP contribution in [-0.4, -0.2) is 29.6 Å². The van der Waals surface area contributed by atoms with Crippen molar-refractivity contribution >= 4 is 49.1 Å². The molecule has 0 N–H and O–H groups in total. The SMILES string of the molecule is C=CCOc1c(Br)cc(C(=S)N2CCC(C)CC2)cc1Br. The van der Waals surface area contributed by atoms with Gasteiger partial charge >= 0.3 is 0 Å². The van der Waals surface area contributed by atoms with Crippen molar-refractivity contribution in [3.63, 3.8) is 0 Å². The van der Waals surface area contributed by atoms with E-state index in [2.05, 4.69) is 50.3 Å². The molecule has 114 valence electrons. The predicted octanol–water partition coefficient (Wildman–Crippen LogP) is 5.18. The van der Waals surface area contributed by atoms with Gasteiger partial charge in [0.25, 0.3) is 0 Å². The maximum absolute atomic E-state index is 5.66. The van der Waals surface area contributed by atoms with E-state index >= 15 is 0 Å². The van der Waals surface area contributed by atoms with Crippen LogP contribution in [-0.2, 0) is 0 Å². The van der Waals surface area contributed by atoms with Crippen molar-refractivity contribution in [3.8, 4) is 5.75 Å². The number of piperidine rings is 1. The Labute approximate surface area is 148 Å². The van der Waals surface area contributed by atoms with Crippen LogP contribution in [0.5, 0.6) is 5.75 Å². The lowest BCUT2D eigenvalue weighted by atomic mass is 9.99. The lowest BCUT2D eigenvalue weighted by Gasteiger charge is -2.32. The summed E-state index contributed by atoms with van der Waals surface area (Å²) < 4.78 is 7.45. The molecule has 0 radical (unpaired) electrons. The van der Waals surface area contributed by atoms with Gasteiger partial charge in [0, 0.05) is 18.7 Å². The number of hydrogen-bond donors (Lipinski definition) is 0.